The summed E-state index contributed by atoms with van der Waals surface area (Å²) in [7, 11) is 0. The van der Waals surface area contributed by atoms with Crippen LogP contribution < -0.4 is 10.6 Å². The van der Waals surface area contributed by atoms with Crippen LogP contribution in [-0.2, 0) is 4.79 Å². The maximum atomic E-state index is 11.5. The smallest absolute Gasteiger partial charge is 0.326 e. The zero-order valence-corrected chi connectivity index (χ0v) is 11.2. The van der Waals surface area contributed by atoms with Crippen molar-refractivity contribution in [3.63, 3.8) is 0 Å². The lowest BCUT2D eigenvalue weighted by Crippen LogP contribution is -2.46. The van der Waals surface area contributed by atoms with Gasteiger partial charge in [0.15, 0.2) is 0 Å². The van der Waals surface area contributed by atoms with Crippen LogP contribution in [0.3, 0.4) is 0 Å². The fourth-order valence-electron chi connectivity index (χ4n) is 2.32. The van der Waals surface area contributed by atoms with Gasteiger partial charge < -0.3 is 15.7 Å². The van der Waals surface area contributed by atoms with Gasteiger partial charge in [-0.25, -0.2) is 9.59 Å². The van der Waals surface area contributed by atoms with Crippen LogP contribution in [0.1, 0.15) is 46.0 Å². The third-order valence-corrected chi connectivity index (χ3v) is 3.70. The molecule has 1 fully saturated rings. The van der Waals surface area contributed by atoms with E-state index in [1.165, 1.54) is 12.8 Å². The molecule has 1 saturated carbocycles. The van der Waals surface area contributed by atoms with Crippen molar-refractivity contribution >= 4 is 12.0 Å². The molecule has 18 heavy (non-hydrogen) atoms. The molecule has 5 nitrogen and oxygen atoms in total. The second-order valence-corrected chi connectivity index (χ2v) is 5.28. The van der Waals surface area contributed by atoms with Gasteiger partial charge in [-0.05, 0) is 31.1 Å². The molecule has 1 aliphatic rings. The zero-order chi connectivity index (χ0) is 13.5. The first-order valence-corrected chi connectivity index (χ1v) is 6.80. The lowest BCUT2D eigenvalue weighted by atomic mass is 9.83. The molecule has 1 rings (SSSR count). The fraction of sp³-hybridized carbons (Fsp3) is 0.846. The second kappa shape index (κ2) is 7.24. The number of hydrogen-bond acceptors (Lipinski definition) is 2. The number of carboxylic acid groups (broad SMARTS) is 1. The van der Waals surface area contributed by atoms with E-state index in [0.717, 1.165) is 18.8 Å². The molecule has 2 amide bonds. The Hall–Kier alpha value is -1.26. The summed E-state index contributed by atoms with van der Waals surface area (Å²) in [5.74, 6) is 0.350. The van der Waals surface area contributed by atoms with E-state index in [-0.39, 0.29) is 6.03 Å². The van der Waals surface area contributed by atoms with E-state index < -0.39 is 12.0 Å². The van der Waals surface area contributed by atoms with Gasteiger partial charge in [0.05, 0.1) is 0 Å². The van der Waals surface area contributed by atoms with Gasteiger partial charge in [0.2, 0.25) is 0 Å². The lowest BCUT2D eigenvalue weighted by Gasteiger charge is -2.26. The highest BCUT2D eigenvalue weighted by Crippen LogP contribution is 2.27. The average Bonchev–Trinajstić information content (AvgIpc) is 2.35. The third-order valence-electron chi connectivity index (χ3n) is 3.70. The number of aliphatic carboxylic acids is 1. The molecule has 0 aromatic rings. The van der Waals surface area contributed by atoms with E-state index in [1.54, 1.807) is 6.92 Å². The highest BCUT2D eigenvalue weighted by molar-refractivity contribution is 5.82. The quantitative estimate of drug-likeness (QED) is 0.703. The van der Waals surface area contributed by atoms with Crippen LogP contribution in [0.15, 0.2) is 0 Å². The first kappa shape index (κ1) is 14.8. The fourth-order valence-corrected chi connectivity index (χ4v) is 2.32. The van der Waals surface area contributed by atoms with Crippen molar-refractivity contribution in [1.29, 1.82) is 0 Å². The molecule has 1 aliphatic carbocycles. The first-order chi connectivity index (χ1) is 8.52. The van der Waals surface area contributed by atoms with Crippen molar-refractivity contribution in [1.82, 2.24) is 10.6 Å². The molecular formula is C13H24N2O3. The van der Waals surface area contributed by atoms with Crippen molar-refractivity contribution in [3.8, 4) is 0 Å². The van der Waals surface area contributed by atoms with Crippen molar-refractivity contribution in [3.05, 3.63) is 0 Å². The number of carbonyl (C=O) groups is 2. The molecule has 0 saturated heterocycles. The maximum Gasteiger partial charge on any atom is 0.326 e. The molecule has 1 atom stereocenters. The van der Waals surface area contributed by atoms with Gasteiger partial charge in [-0.3, -0.25) is 0 Å². The summed E-state index contributed by atoms with van der Waals surface area (Å²) in [6.07, 6.45) is 5.14. The van der Waals surface area contributed by atoms with Crippen LogP contribution in [0.5, 0.6) is 0 Å². The Labute approximate surface area is 108 Å². The van der Waals surface area contributed by atoms with Crippen LogP contribution in [0, 0.1) is 11.8 Å². The van der Waals surface area contributed by atoms with Gasteiger partial charge in [-0.2, -0.15) is 0 Å². The number of carboxylic acids is 1. The Bertz CT molecular complexity index is 286. The molecule has 0 bridgehead atoms. The Morgan fingerprint density at radius 3 is 2.39 bits per heavy atom. The summed E-state index contributed by atoms with van der Waals surface area (Å²) in [4.78, 5) is 22.3. The average molecular weight is 256 g/mol. The number of hydrogen-bond donors (Lipinski definition) is 3. The number of urea groups is 1. The largest absolute Gasteiger partial charge is 0.480 e. The first-order valence-electron chi connectivity index (χ1n) is 6.80. The van der Waals surface area contributed by atoms with E-state index in [4.69, 9.17) is 5.11 Å². The lowest BCUT2D eigenvalue weighted by molar-refractivity contribution is -0.139. The van der Waals surface area contributed by atoms with Crippen LogP contribution >= 0.6 is 0 Å². The molecule has 0 unspecified atom stereocenters. The Morgan fingerprint density at radius 1 is 1.28 bits per heavy atom. The Kier molecular flexibility index (Phi) is 5.95. The van der Waals surface area contributed by atoms with Gasteiger partial charge in [0, 0.05) is 6.54 Å². The van der Waals surface area contributed by atoms with Crippen LogP contribution in [0.4, 0.5) is 4.79 Å². The van der Waals surface area contributed by atoms with Gasteiger partial charge in [0.25, 0.3) is 0 Å². The van der Waals surface area contributed by atoms with Crippen molar-refractivity contribution in [2.45, 2.75) is 52.0 Å². The number of rotatable bonds is 5. The summed E-state index contributed by atoms with van der Waals surface area (Å²) in [6.45, 7) is 4.64. The van der Waals surface area contributed by atoms with Crippen molar-refractivity contribution < 1.29 is 14.7 Å². The maximum absolute atomic E-state index is 11.5. The summed E-state index contributed by atoms with van der Waals surface area (Å²) < 4.78 is 0. The summed E-state index contributed by atoms with van der Waals surface area (Å²) in [6, 6.07) is -1.17. The van der Waals surface area contributed by atoms with Gasteiger partial charge in [0.1, 0.15) is 6.04 Å². The Morgan fingerprint density at radius 2 is 1.89 bits per heavy atom. The molecule has 104 valence electrons. The van der Waals surface area contributed by atoms with E-state index in [1.807, 2.05) is 0 Å². The summed E-state index contributed by atoms with van der Waals surface area (Å²) in [5, 5.41) is 14.1. The molecule has 0 radical (unpaired) electrons. The summed E-state index contributed by atoms with van der Waals surface area (Å²) in [5.41, 5.74) is 0. The monoisotopic (exact) mass is 256 g/mol. The van der Waals surface area contributed by atoms with Gasteiger partial charge >= 0.3 is 12.0 Å². The van der Waals surface area contributed by atoms with Crippen LogP contribution in [0.2, 0.25) is 0 Å². The van der Waals surface area contributed by atoms with Gasteiger partial charge in [-0.15, -0.1) is 0 Å². The van der Waals surface area contributed by atoms with Crippen molar-refractivity contribution in [2.75, 3.05) is 6.54 Å². The number of amides is 2. The molecule has 0 aromatic heterocycles. The molecule has 0 heterocycles. The molecular weight excluding hydrogens is 232 g/mol. The summed E-state index contributed by atoms with van der Waals surface area (Å²) >= 11 is 0. The second-order valence-electron chi connectivity index (χ2n) is 5.28. The standard InChI is InChI=1S/C13H24N2O3/c1-3-11(12(16)17)15-13(18)14-8-10-6-4-9(2)5-7-10/h9-11H,3-8H2,1-2H3,(H,16,17)(H2,14,15,18)/t9?,10?,11-/m1/s1. The van der Waals surface area contributed by atoms with Gasteiger partial charge in [-0.1, -0.05) is 26.7 Å². The highest BCUT2D eigenvalue weighted by atomic mass is 16.4. The van der Waals surface area contributed by atoms with E-state index in [0.29, 0.717) is 18.9 Å². The van der Waals surface area contributed by atoms with Crippen LogP contribution in [-0.4, -0.2) is 29.7 Å². The minimum atomic E-state index is -0.987. The van der Waals surface area contributed by atoms with E-state index in [9.17, 15) is 9.59 Å². The topological polar surface area (TPSA) is 78.4 Å². The zero-order valence-electron chi connectivity index (χ0n) is 11.2. The van der Waals surface area contributed by atoms with E-state index >= 15 is 0 Å². The van der Waals surface area contributed by atoms with Crippen molar-refractivity contribution in [2.24, 2.45) is 11.8 Å². The Balaban J connectivity index is 2.22. The third kappa shape index (κ3) is 4.94. The minimum absolute atomic E-state index is 0.372. The predicted molar refractivity (Wildman–Crippen MR) is 69.4 cm³/mol. The normalized spacial score (nSPS) is 25.2. The minimum Gasteiger partial charge on any atom is -0.480 e. The molecule has 0 aromatic carbocycles. The molecule has 3 N–H and O–H groups in total. The number of carbonyl (C=O) groups excluding carboxylic acids is 1. The number of nitrogens with one attached hydrogen (secondary N) is 2. The van der Waals surface area contributed by atoms with Crippen LogP contribution in [0.25, 0.3) is 0 Å². The molecule has 5 heteroatoms. The van der Waals surface area contributed by atoms with E-state index in [2.05, 4.69) is 17.6 Å². The SMILES string of the molecule is CC[C@@H](NC(=O)NCC1CCC(C)CC1)C(=O)O. The predicted octanol–water partition coefficient (Wildman–Crippen LogP) is 1.98. The molecule has 0 spiro atoms. The highest BCUT2D eigenvalue weighted by Gasteiger charge is 2.20. The molecule has 0 aliphatic heterocycles.